The Morgan fingerprint density at radius 3 is 1.88 bits per heavy atom. The lowest BCUT2D eigenvalue weighted by atomic mass is 9.33. The van der Waals surface area contributed by atoms with Crippen LogP contribution in [0.4, 0.5) is 34.1 Å². The molecule has 4 aliphatic rings. The van der Waals surface area contributed by atoms with E-state index in [1.165, 1.54) is 113 Å². The zero-order chi connectivity index (χ0) is 34.0. The molecule has 0 fully saturated rings. The van der Waals surface area contributed by atoms with Crippen LogP contribution in [-0.2, 0) is 31.1 Å². The summed E-state index contributed by atoms with van der Waals surface area (Å²) in [6.45, 7) is 7.16. The summed E-state index contributed by atoms with van der Waals surface area (Å²) in [5, 5.41) is 5.71. The number of rotatable bonds is 2. The van der Waals surface area contributed by atoms with E-state index in [9.17, 15) is 0 Å². The second-order valence-corrected chi connectivity index (χ2v) is 16.3. The molecule has 2 aliphatic carbocycles. The van der Waals surface area contributed by atoms with Crippen LogP contribution in [0.15, 0.2) is 121 Å². The molecule has 2 heterocycles. The maximum atomic E-state index is 2.63. The van der Waals surface area contributed by atoms with Gasteiger partial charge < -0.3 is 9.80 Å². The topological polar surface area (TPSA) is 6.48 Å². The van der Waals surface area contributed by atoms with E-state index < -0.39 is 0 Å². The number of hydrogen-bond donors (Lipinski definition) is 0. The molecule has 0 spiro atoms. The maximum Gasteiger partial charge on any atom is 0.252 e. The fourth-order valence-electron chi connectivity index (χ4n) is 10.1. The number of hydrogen-bond acceptors (Lipinski definition) is 2. The van der Waals surface area contributed by atoms with E-state index in [0.29, 0.717) is 0 Å². The Hall–Kier alpha value is -5.28. The largest absolute Gasteiger partial charge is 0.311 e. The fourth-order valence-corrected chi connectivity index (χ4v) is 10.1. The van der Waals surface area contributed by atoms with Crippen molar-refractivity contribution in [1.82, 2.24) is 0 Å². The average molecular weight is 657 g/mol. The zero-order valence-electron chi connectivity index (χ0n) is 29.8. The molecule has 2 aliphatic heterocycles. The Morgan fingerprint density at radius 1 is 0.490 bits per heavy atom. The minimum Gasteiger partial charge on any atom is -0.311 e. The zero-order valence-corrected chi connectivity index (χ0v) is 29.8. The van der Waals surface area contributed by atoms with Gasteiger partial charge in [0, 0.05) is 39.2 Å². The molecule has 0 bridgehead atoms. The maximum absolute atomic E-state index is 2.63. The molecule has 0 amide bonds. The SMILES string of the molecule is CC(C)(C)c1ccc2c(c1)N(c1ccc3c4c(cccc14)CCC3)c1cccc3c1B2c1cc2c4c(cccc4c1N3c1ccccc1)CCC2. The Labute approximate surface area is 301 Å². The lowest BCUT2D eigenvalue weighted by Gasteiger charge is -2.45. The number of nitrogens with zero attached hydrogens (tertiary/aromatic N) is 2. The quantitative estimate of drug-likeness (QED) is 0.171. The third kappa shape index (κ3) is 4.12. The minimum absolute atomic E-state index is 0.0219. The van der Waals surface area contributed by atoms with Gasteiger partial charge in [0.25, 0.3) is 6.71 Å². The van der Waals surface area contributed by atoms with Gasteiger partial charge in [-0.25, -0.2) is 0 Å². The molecule has 0 radical (unpaired) electrons. The predicted molar refractivity (Wildman–Crippen MR) is 218 cm³/mol. The average Bonchev–Trinajstić information content (AvgIpc) is 3.15. The van der Waals surface area contributed by atoms with E-state index in [-0.39, 0.29) is 12.1 Å². The van der Waals surface area contributed by atoms with E-state index in [4.69, 9.17) is 0 Å². The molecular weight excluding hydrogens is 615 g/mol. The minimum atomic E-state index is 0.0219. The second-order valence-electron chi connectivity index (χ2n) is 16.3. The van der Waals surface area contributed by atoms with Crippen LogP contribution in [0.5, 0.6) is 0 Å². The van der Waals surface area contributed by atoms with Crippen molar-refractivity contribution in [3.63, 3.8) is 0 Å². The number of para-hydroxylation sites is 1. The summed E-state index contributed by atoms with van der Waals surface area (Å²) >= 11 is 0. The number of benzene rings is 7. The van der Waals surface area contributed by atoms with Gasteiger partial charge in [-0.15, -0.1) is 0 Å². The van der Waals surface area contributed by atoms with Crippen molar-refractivity contribution in [2.45, 2.75) is 64.7 Å². The highest BCUT2D eigenvalue weighted by Gasteiger charge is 2.45. The first-order valence-electron chi connectivity index (χ1n) is 19.0. The van der Waals surface area contributed by atoms with Crippen molar-refractivity contribution in [1.29, 1.82) is 0 Å². The van der Waals surface area contributed by atoms with Crippen molar-refractivity contribution >= 4 is 78.8 Å². The van der Waals surface area contributed by atoms with Gasteiger partial charge >= 0.3 is 0 Å². The van der Waals surface area contributed by atoms with Gasteiger partial charge in [0.15, 0.2) is 0 Å². The molecule has 2 nitrogen and oxygen atoms in total. The molecular formula is C48H41BN2. The summed E-state index contributed by atoms with van der Waals surface area (Å²) in [5.74, 6) is 0. The van der Waals surface area contributed by atoms with Crippen LogP contribution in [0.2, 0.25) is 0 Å². The van der Waals surface area contributed by atoms with Gasteiger partial charge in [0.2, 0.25) is 0 Å². The van der Waals surface area contributed by atoms with Gasteiger partial charge in [0.1, 0.15) is 0 Å². The van der Waals surface area contributed by atoms with Crippen LogP contribution in [0.1, 0.15) is 61.4 Å². The molecule has 11 rings (SSSR count). The summed E-state index contributed by atoms with van der Waals surface area (Å²) in [6, 6.07) is 47.1. The van der Waals surface area contributed by atoms with E-state index in [1.54, 1.807) is 0 Å². The van der Waals surface area contributed by atoms with E-state index in [0.717, 1.165) is 25.7 Å². The molecule has 0 unspecified atom stereocenters. The van der Waals surface area contributed by atoms with Crippen LogP contribution in [-0.4, -0.2) is 6.71 Å². The Balaban J connectivity index is 1.27. The summed E-state index contributed by atoms with van der Waals surface area (Å²) in [5.41, 5.74) is 19.4. The van der Waals surface area contributed by atoms with Gasteiger partial charge in [-0.2, -0.15) is 0 Å². The molecule has 51 heavy (non-hydrogen) atoms. The monoisotopic (exact) mass is 656 g/mol. The van der Waals surface area contributed by atoms with Crippen LogP contribution < -0.4 is 26.2 Å². The molecule has 7 aromatic carbocycles. The summed E-state index contributed by atoms with van der Waals surface area (Å²) in [4.78, 5) is 5.22. The third-order valence-corrected chi connectivity index (χ3v) is 12.4. The molecule has 3 heteroatoms. The first kappa shape index (κ1) is 29.5. The van der Waals surface area contributed by atoms with E-state index >= 15 is 0 Å². The number of aryl methyl sites for hydroxylation is 4. The van der Waals surface area contributed by atoms with Crippen LogP contribution >= 0.6 is 0 Å². The fraction of sp³-hybridized carbons (Fsp3) is 0.208. The predicted octanol–water partition coefficient (Wildman–Crippen LogP) is 10.4. The van der Waals surface area contributed by atoms with Crippen molar-refractivity contribution in [2.75, 3.05) is 9.80 Å². The standard InChI is InChI=1S/C48H41BN2/c1-48(2,3)34-25-26-38-43(29-34)51(40-27-24-32-14-7-12-30-15-9-20-36(40)44(30)32)42-23-11-22-41-46(42)49(38)39-28-33-17-8-13-31-16-10-21-37(45(31)33)47(39)50(41)35-18-5-4-6-19-35/h4-6,9-11,15-16,18-29H,7-8,12-14,17H2,1-3H3. The van der Waals surface area contributed by atoms with Gasteiger partial charge in [-0.05, 0) is 135 Å². The van der Waals surface area contributed by atoms with Crippen molar-refractivity contribution < 1.29 is 0 Å². The molecule has 0 saturated heterocycles. The Bertz CT molecular complexity index is 2580. The van der Waals surface area contributed by atoms with Crippen LogP contribution in [0.25, 0.3) is 21.5 Å². The number of fused-ring (bicyclic) bond motifs is 5. The highest BCUT2D eigenvalue weighted by atomic mass is 15.2. The van der Waals surface area contributed by atoms with E-state index in [2.05, 4.69) is 152 Å². The van der Waals surface area contributed by atoms with E-state index in [1.807, 2.05) is 0 Å². The lowest BCUT2D eigenvalue weighted by Crippen LogP contribution is -2.61. The lowest BCUT2D eigenvalue weighted by molar-refractivity contribution is 0.590. The van der Waals surface area contributed by atoms with Crippen LogP contribution in [0.3, 0.4) is 0 Å². The van der Waals surface area contributed by atoms with Gasteiger partial charge in [-0.1, -0.05) is 106 Å². The molecule has 0 N–H and O–H groups in total. The molecule has 246 valence electrons. The Morgan fingerprint density at radius 2 is 1.14 bits per heavy atom. The summed E-state index contributed by atoms with van der Waals surface area (Å²) in [7, 11) is 0. The molecule has 0 saturated carbocycles. The second kappa shape index (κ2) is 10.6. The van der Waals surface area contributed by atoms with Gasteiger partial charge in [-0.3, -0.25) is 0 Å². The number of anilines is 6. The highest BCUT2D eigenvalue weighted by molar-refractivity contribution is 7.00. The van der Waals surface area contributed by atoms with Crippen LogP contribution in [0, 0.1) is 0 Å². The molecule has 0 aromatic heterocycles. The Kier molecular flexibility index (Phi) is 6.13. The molecule has 7 aromatic rings. The van der Waals surface area contributed by atoms with Crippen molar-refractivity contribution in [3.8, 4) is 0 Å². The smallest absolute Gasteiger partial charge is 0.252 e. The van der Waals surface area contributed by atoms with Crippen molar-refractivity contribution in [2.24, 2.45) is 0 Å². The third-order valence-electron chi connectivity index (χ3n) is 12.4. The first-order chi connectivity index (χ1) is 25.0. The first-order valence-corrected chi connectivity index (χ1v) is 19.0. The van der Waals surface area contributed by atoms with Gasteiger partial charge in [0.05, 0.1) is 5.69 Å². The normalized spacial score (nSPS) is 15.5. The molecule has 0 atom stereocenters. The summed E-state index contributed by atoms with van der Waals surface area (Å²) in [6.07, 6.45) is 7.04. The highest BCUT2D eigenvalue weighted by Crippen LogP contribution is 2.49. The summed E-state index contributed by atoms with van der Waals surface area (Å²) < 4.78 is 0. The van der Waals surface area contributed by atoms with Crippen molar-refractivity contribution in [3.05, 3.63) is 149 Å².